The molecule has 0 spiro atoms. The van der Waals surface area contributed by atoms with E-state index in [1.54, 1.807) is 0 Å². The van der Waals surface area contributed by atoms with Crippen molar-refractivity contribution in [1.29, 1.82) is 0 Å². The molecule has 16 heavy (non-hydrogen) atoms. The van der Waals surface area contributed by atoms with Crippen LogP contribution < -0.4 is 0 Å². The summed E-state index contributed by atoms with van der Waals surface area (Å²) in [5.74, 6) is 0. The van der Waals surface area contributed by atoms with Crippen LogP contribution in [0, 0.1) is 0 Å². The average Bonchev–Trinajstić information content (AvgIpc) is 2.28. The van der Waals surface area contributed by atoms with E-state index in [4.69, 9.17) is 23.2 Å². The molecule has 1 aromatic heterocycles. The Labute approximate surface area is 102 Å². The van der Waals surface area contributed by atoms with Crippen molar-refractivity contribution in [3.8, 4) is 0 Å². The van der Waals surface area contributed by atoms with Crippen molar-refractivity contribution in [1.82, 2.24) is 9.97 Å². The van der Waals surface area contributed by atoms with E-state index in [2.05, 4.69) is 9.97 Å². The SMILES string of the molecule is Clc1nc(Cl)c2ccc3ccccc3c2n1. The second-order valence-corrected chi connectivity index (χ2v) is 4.16. The maximum Gasteiger partial charge on any atom is 0.224 e. The zero-order chi connectivity index (χ0) is 11.1. The van der Waals surface area contributed by atoms with Crippen LogP contribution in [0.5, 0.6) is 0 Å². The van der Waals surface area contributed by atoms with Crippen molar-refractivity contribution in [2.24, 2.45) is 0 Å². The molecular formula is C12H6Cl2N2. The molecule has 0 fully saturated rings. The molecule has 0 aliphatic rings. The Kier molecular flexibility index (Phi) is 2.20. The standard InChI is InChI=1S/C12H6Cl2N2/c13-11-9-6-5-7-3-1-2-4-8(7)10(9)15-12(14)16-11/h1-6H. The summed E-state index contributed by atoms with van der Waals surface area (Å²) in [4.78, 5) is 8.16. The first kappa shape index (κ1) is 9.82. The van der Waals surface area contributed by atoms with E-state index in [1.807, 2.05) is 36.4 Å². The van der Waals surface area contributed by atoms with Crippen LogP contribution in [0.15, 0.2) is 36.4 Å². The van der Waals surface area contributed by atoms with Crippen LogP contribution in [-0.4, -0.2) is 9.97 Å². The highest BCUT2D eigenvalue weighted by molar-refractivity contribution is 6.36. The summed E-state index contributed by atoms with van der Waals surface area (Å²) < 4.78 is 0. The molecule has 0 aliphatic heterocycles. The largest absolute Gasteiger partial charge is 0.224 e. The number of halogens is 2. The van der Waals surface area contributed by atoms with E-state index < -0.39 is 0 Å². The fourth-order valence-electron chi connectivity index (χ4n) is 1.80. The van der Waals surface area contributed by atoms with Crippen LogP contribution in [0.1, 0.15) is 0 Å². The first-order valence-corrected chi connectivity index (χ1v) is 5.52. The summed E-state index contributed by atoms with van der Waals surface area (Å²) in [6.45, 7) is 0. The third-order valence-corrected chi connectivity index (χ3v) is 2.97. The van der Waals surface area contributed by atoms with Crippen LogP contribution in [-0.2, 0) is 0 Å². The van der Waals surface area contributed by atoms with Gasteiger partial charge in [0.2, 0.25) is 5.28 Å². The Morgan fingerprint density at radius 2 is 1.62 bits per heavy atom. The monoisotopic (exact) mass is 248 g/mol. The lowest BCUT2D eigenvalue weighted by Gasteiger charge is -2.04. The van der Waals surface area contributed by atoms with Gasteiger partial charge in [-0.25, -0.2) is 9.97 Å². The highest BCUT2D eigenvalue weighted by Crippen LogP contribution is 2.28. The Hall–Kier alpha value is -1.38. The Bertz CT molecular complexity index is 695. The Balaban J connectivity index is 2.59. The van der Waals surface area contributed by atoms with Gasteiger partial charge in [-0.2, -0.15) is 0 Å². The molecule has 3 aromatic rings. The fraction of sp³-hybridized carbons (Fsp3) is 0. The van der Waals surface area contributed by atoms with Gasteiger partial charge in [-0.05, 0) is 23.1 Å². The van der Waals surface area contributed by atoms with Gasteiger partial charge in [-0.1, -0.05) is 41.9 Å². The highest BCUT2D eigenvalue weighted by atomic mass is 35.5. The minimum Gasteiger partial charge on any atom is -0.217 e. The lowest BCUT2D eigenvalue weighted by Crippen LogP contribution is -1.87. The second-order valence-electron chi connectivity index (χ2n) is 3.47. The molecule has 2 aromatic carbocycles. The summed E-state index contributed by atoms with van der Waals surface area (Å²) in [7, 11) is 0. The van der Waals surface area contributed by atoms with E-state index in [-0.39, 0.29) is 5.28 Å². The third-order valence-electron chi connectivity index (χ3n) is 2.52. The third kappa shape index (κ3) is 1.42. The first-order chi connectivity index (χ1) is 7.75. The van der Waals surface area contributed by atoms with Crippen LogP contribution in [0.2, 0.25) is 10.4 Å². The van der Waals surface area contributed by atoms with Crippen LogP contribution in [0.4, 0.5) is 0 Å². The molecule has 0 saturated carbocycles. The summed E-state index contributed by atoms with van der Waals surface area (Å²) in [5.41, 5.74) is 0.795. The predicted octanol–water partition coefficient (Wildman–Crippen LogP) is 4.09. The maximum absolute atomic E-state index is 6.03. The molecule has 78 valence electrons. The van der Waals surface area contributed by atoms with Gasteiger partial charge in [0.15, 0.2) is 0 Å². The van der Waals surface area contributed by atoms with Gasteiger partial charge in [-0.3, -0.25) is 0 Å². The van der Waals surface area contributed by atoms with Gasteiger partial charge in [0.05, 0.1) is 5.52 Å². The van der Waals surface area contributed by atoms with Gasteiger partial charge in [0.25, 0.3) is 0 Å². The molecule has 0 amide bonds. The van der Waals surface area contributed by atoms with Gasteiger partial charge in [0.1, 0.15) is 5.15 Å². The number of hydrogen-bond acceptors (Lipinski definition) is 2. The van der Waals surface area contributed by atoms with Gasteiger partial charge < -0.3 is 0 Å². The molecule has 3 rings (SSSR count). The molecule has 0 saturated heterocycles. The quantitative estimate of drug-likeness (QED) is 0.340. The highest BCUT2D eigenvalue weighted by Gasteiger charge is 2.07. The molecule has 0 radical (unpaired) electrons. The number of rotatable bonds is 0. The topological polar surface area (TPSA) is 25.8 Å². The lowest BCUT2D eigenvalue weighted by molar-refractivity contribution is 1.23. The predicted molar refractivity (Wildman–Crippen MR) is 67.1 cm³/mol. The minimum atomic E-state index is 0.175. The lowest BCUT2D eigenvalue weighted by atomic mass is 10.1. The number of aromatic nitrogens is 2. The molecule has 0 bridgehead atoms. The van der Waals surface area contributed by atoms with Gasteiger partial charge in [-0.15, -0.1) is 0 Å². The van der Waals surface area contributed by atoms with Crippen molar-refractivity contribution < 1.29 is 0 Å². The molecule has 0 aliphatic carbocycles. The van der Waals surface area contributed by atoms with Crippen molar-refractivity contribution in [2.45, 2.75) is 0 Å². The maximum atomic E-state index is 6.03. The zero-order valence-corrected chi connectivity index (χ0v) is 9.63. The number of benzene rings is 2. The molecular weight excluding hydrogens is 243 g/mol. The number of nitrogens with zero attached hydrogens (tertiary/aromatic N) is 2. The zero-order valence-electron chi connectivity index (χ0n) is 8.11. The van der Waals surface area contributed by atoms with E-state index in [9.17, 15) is 0 Å². The molecule has 1 heterocycles. The molecule has 0 unspecified atom stereocenters. The number of hydrogen-bond donors (Lipinski definition) is 0. The van der Waals surface area contributed by atoms with E-state index in [0.29, 0.717) is 5.15 Å². The number of fused-ring (bicyclic) bond motifs is 3. The van der Waals surface area contributed by atoms with E-state index in [1.165, 1.54) is 0 Å². The summed E-state index contributed by atoms with van der Waals surface area (Å²) in [5, 5.41) is 3.53. The smallest absolute Gasteiger partial charge is 0.217 e. The van der Waals surface area contributed by atoms with Crippen molar-refractivity contribution in [3.63, 3.8) is 0 Å². The summed E-state index contributed by atoms with van der Waals surface area (Å²) >= 11 is 11.8. The van der Waals surface area contributed by atoms with Crippen LogP contribution in [0.3, 0.4) is 0 Å². The second kappa shape index (κ2) is 3.58. The average molecular weight is 249 g/mol. The molecule has 2 nitrogen and oxygen atoms in total. The van der Waals surface area contributed by atoms with Gasteiger partial charge in [0, 0.05) is 10.8 Å². The summed E-state index contributed by atoms with van der Waals surface area (Å²) in [6.07, 6.45) is 0. The van der Waals surface area contributed by atoms with Crippen LogP contribution in [0.25, 0.3) is 21.7 Å². The summed E-state index contributed by atoms with van der Waals surface area (Å²) in [6, 6.07) is 11.9. The Morgan fingerprint density at radius 3 is 2.50 bits per heavy atom. The van der Waals surface area contributed by atoms with Gasteiger partial charge >= 0.3 is 0 Å². The first-order valence-electron chi connectivity index (χ1n) is 4.76. The Morgan fingerprint density at radius 1 is 0.812 bits per heavy atom. The normalized spacial score (nSPS) is 11.1. The molecule has 0 N–H and O–H groups in total. The minimum absolute atomic E-state index is 0.175. The van der Waals surface area contributed by atoms with E-state index >= 15 is 0 Å². The van der Waals surface area contributed by atoms with Crippen LogP contribution >= 0.6 is 23.2 Å². The molecule has 4 heteroatoms. The fourth-order valence-corrected chi connectivity index (χ4v) is 2.25. The molecule has 0 atom stereocenters. The van der Waals surface area contributed by atoms with Crippen molar-refractivity contribution in [3.05, 3.63) is 46.8 Å². The van der Waals surface area contributed by atoms with E-state index in [0.717, 1.165) is 21.7 Å². The van der Waals surface area contributed by atoms with Crippen molar-refractivity contribution >= 4 is 44.9 Å². The van der Waals surface area contributed by atoms with Crippen molar-refractivity contribution in [2.75, 3.05) is 0 Å².